The van der Waals surface area contributed by atoms with Gasteiger partial charge in [-0.2, -0.15) is 0 Å². The third-order valence-electron chi connectivity index (χ3n) is 2.09. The van der Waals surface area contributed by atoms with Crippen molar-refractivity contribution in [1.82, 2.24) is 15.3 Å². The van der Waals surface area contributed by atoms with Gasteiger partial charge in [-0.05, 0) is 18.9 Å². The van der Waals surface area contributed by atoms with Gasteiger partial charge >= 0.3 is 0 Å². The summed E-state index contributed by atoms with van der Waals surface area (Å²) >= 11 is 0. The van der Waals surface area contributed by atoms with Crippen molar-refractivity contribution in [1.29, 1.82) is 0 Å². The third-order valence-corrected chi connectivity index (χ3v) is 2.09. The molecule has 0 saturated heterocycles. The van der Waals surface area contributed by atoms with E-state index in [0.29, 0.717) is 12.0 Å². The summed E-state index contributed by atoms with van der Waals surface area (Å²) < 4.78 is 0. The second-order valence-electron chi connectivity index (χ2n) is 3.65. The van der Waals surface area contributed by atoms with Crippen molar-refractivity contribution >= 4 is 0 Å². The van der Waals surface area contributed by atoms with E-state index in [1.165, 1.54) is 0 Å². The van der Waals surface area contributed by atoms with Crippen LogP contribution in [0.3, 0.4) is 0 Å². The fourth-order valence-corrected chi connectivity index (χ4v) is 1.40. The fourth-order valence-electron chi connectivity index (χ4n) is 1.40. The molecule has 3 heteroatoms. The van der Waals surface area contributed by atoms with Crippen LogP contribution in [0, 0.1) is 5.92 Å². The van der Waals surface area contributed by atoms with Crippen LogP contribution in [0.2, 0.25) is 0 Å². The molecule has 0 aliphatic carbocycles. The van der Waals surface area contributed by atoms with E-state index in [9.17, 15) is 0 Å². The van der Waals surface area contributed by atoms with Crippen LogP contribution in [0.15, 0.2) is 12.4 Å². The molecule has 1 aromatic heterocycles. The van der Waals surface area contributed by atoms with Gasteiger partial charge in [0.05, 0.1) is 6.04 Å². The van der Waals surface area contributed by atoms with E-state index < -0.39 is 0 Å². The highest BCUT2D eigenvalue weighted by Crippen LogP contribution is 2.17. The molecular weight excluding hydrogens is 162 g/mol. The average Bonchev–Trinajstić information content (AvgIpc) is 2.57. The van der Waals surface area contributed by atoms with Crippen LogP contribution in [0.25, 0.3) is 0 Å². The van der Waals surface area contributed by atoms with Crippen molar-refractivity contribution in [3.63, 3.8) is 0 Å². The van der Waals surface area contributed by atoms with E-state index in [0.717, 1.165) is 18.8 Å². The van der Waals surface area contributed by atoms with Crippen molar-refractivity contribution < 1.29 is 0 Å². The molecule has 1 heterocycles. The fraction of sp³-hybridized carbons (Fsp3) is 0.700. The topological polar surface area (TPSA) is 40.7 Å². The molecule has 0 aromatic carbocycles. The Morgan fingerprint density at radius 1 is 1.54 bits per heavy atom. The number of nitrogens with one attached hydrogen (secondary N) is 2. The molecule has 13 heavy (non-hydrogen) atoms. The standard InChI is InChI=1S/C10H19N3/c1-4-5-11-9(8(2)3)10-12-6-7-13-10/h6-9,11H,4-5H2,1-3H3,(H,12,13). The van der Waals surface area contributed by atoms with Crippen LogP contribution in [0.4, 0.5) is 0 Å². The monoisotopic (exact) mass is 181 g/mol. The van der Waals surface area contributed by atoms with Crippen molar-refractivity contribution in [2.75, 3.05) is 6.54 Å². The molecule has 1 aromatic rings. The number of H-pyrrole nitrogens is 1. The van der Waals surface area contributed by atoms with Gasteiger partial charge < -0.3 is 10.3 Å². The normalized spacial score (nSPS) is 13.5. The van der Waals surface area contributed by atoms with Crippen LogP contribution in [-0.2, 0) is 0 Å². The number of hydrogen-bond donors (Lipinski definition) is 2. The van der Waals surface area contributed by atoms with Crippen molar-refractivity contribution in [2.24, 2.45) is 5.92 Å². The number of aromatic nitrogens is 2. The molecular formula is C10H19N3. The summed E-state index contributed by atoms with van der Waals surface area (Å²) in [4.78, 5) is 7.43. The van der Waals surface area contributed by atoms with Crippen LogP contribution in [0.1, 0.15) is 39.1 Å². The Labute approximate surface area is 80.0 Å². The highest BCUT2D eigenvalue weighted by molar-refractivity contribution is 4.96. The Kier molecular flexibility index (Phi) is 3.96. The molecule has 0 bridgehead atoms. The average molecular weight is 181 g/mol. The lowest BCUT2D eigenvalue weighted by atomic mass is 10.0. The predicted octanol–water partition coefficient (Wildman–Crippen LogP) is 2.11. The maximum absolute atomic E-state index is 4.27. The SMILES string of the molecule is CCCNC(c1ncc[nH]1)C(C)C. The lowest BCUT2D eigenvalue weighted by Crippen LogP contribution is -2.27. The van der Waals surface area contributed by atoms with Crippen molar-refractivity contribution in [3.05, 3.63) is 18.2 Å². The first-order valence-corrected chi connectivity index (χ1v) is 4.98. The summed E-state index contributed by atoms with van der Waals surface area (Å²) in [6.07, 6.45) is 4.83. The van der Waals surface area contributed by atoms with Gasteiger partial charge in [0.2, 0.25) is 0 Å². The molecule has 3 nitrogen and oxygen atoms in total. The first kappa shape index (κ1) is 10.3. The highest BCUT2D eigenvalue weighted by Gasteiger charge is 2.16. The number of imidazole rings is 1. The smallest absolute Gasteiger partial charge is 0.123 e. The molecule has 0 saturated carbocycles. The lowest BCUT2D eigenvalue weighted by molar-refractivity contribution is 0.397. The zero-order valence-corrected chi connectivity index (χ0v) is 8.67. The largest absolute Gasteiger partial charge is 0.347 e. The Morgan fingerprint density at radius 3 is 2.77 bits per heavy atom. The second-order valence-corrected chi connectivity index (χ2v) is 3.65. The molecule has 0 aliphatic rings. The van der Waals surface area contributed by atoms with Gasteiger partial charge in [0.1, 0.15) is 5.82 Å². The lowest BCUT2D eigenvalue weighted by Gasteiger charge is -2.19. The number of rotatable bonds is 5. The van der Waals surface area contributed by atoms with E-state index >= 15 is 0 Å². The zero-order valence-electron chi connectivity index (χ0n) is 8.67. The molecule has 1 rings (SSSR count). The van der Waals surface area contributed by atoms with Gasteiger partial charge in [0.15, 0.2) is 0 Å². The van der Waals surface area contributed by atoms with Crippen LogP contribution in [0.5, 0.6) is 0 Å². The molecule has 0 fully saturated rings. The van der Waals surface area contributed by atoms with Crippen molar-refractivity contribution in [2.45, 2.75) is 33.2 Å². The zero-order chi connectivity index (χ0) is 9.68. The minimum atomic E-state index is 0.356. The second kappa shape index (κ2) is 5.02. The first-order chi connectivity index (χ1) is 6.25. The van der Waals surface area contributed by atoms with Crippen LogP contribution >= 0.6 is 0 Å². The first-order valence-electron chi connectivity index (χ1n) is 4.98. The molecule has 74 valence electrons. The molecule has 0 aliphatic heterocycles. The minimum Gasteiger partial charge on any atom is -0.347 e. The summed E-state index contributed by atoms with van der Waals surface area (Å²) in [5.41, 5.74) is 0. The van der Waals surface area contributed by atoms with Gasteiger partial charge in [-0.25, -0.2) is 4.98 Å². The Bertz CT molecular complexity index is 216. The minimum absolute atomic E-state index is 0.356. The molecule has 0 radical (unpaired) electrons. The van der Waals surface area contributed by atoms with Gasteiger partial charge in [0.25, 0.3) is 0 Å². The van der Waals surface area contributed by atoms with Crippen molar-refractivity contribution in [3.8, 4) is 0 Å². The van der Waals surface area contributed by atoms with E-state index in [-0.39, 0.29) is 0 Å². The van der Waals surface area contributed by atoms with Gasteiger partial charge in [0, 0.05) is 12.4 Å². The molecule has 0 spiro atoms. The van der Waals surface area contributed by atoms with E-state index in [1.54, 1.807) is 6.20 Å². The Morgan fingerprint density at radius 2 is 2.31 bits per heavy atom. The number of hydrogen-bond acceptors (Lipinski definition) is 2. The van der Waals surface area contributed by atoms with E-state index in [4.69, 9.17) is 0 Å². The summed E-state index contributed by atoms with van der Waals surface area (Å²) in [5.74, 6) is 1.61. The van der Waals surface area contributed by atoms with E-state index in [2.05, 4.69) is 36.1 Å². The van der Waals surface area contributed by atoms with Gasteiger partial charge in [-0.1, -0.05) is 20.8 Å². The number of nitrogens with zero attached hydrogens (tertiary/aromatic N) is 1. The quantitative estimate of drug-likeness (QED) is 0.730. The number of aromatic amines is 1. The van der Waals surface area contributed by atoms with E-state index in [1.807, 2.05) is 6.20 Å². The van der Waals surface area contributed by atoms with Gasteiger partial charge in [-0.3, -0.25) is 0 Å². The van der Waals surface area contributed by atoms with Gasteiger partial charge in [-0.15, -0.1) is 0 Å². The maximum Gasteiger partial charge on any atom is 0.123 e. The molecule has 1 atom stereocenters. The Hall–Kier alpha value is -0.830. The van der Waals surface area contributed by atoms with Crippen LogP contribution < -0.4 is 5.32 Å². The highest BCUT2D eigenvalue weighted by atomic mass is 15.0. The van der Waals surface area contributed by atoms with Crippen LogP contribution in [-0.4, -0.2) is 16.5 Å². The molecule has 1 unspecified atom stereocenters. The third kappa shape index (κ3) is 2.84. The Balaban J connectivity index is 2.58. The maximum atomic E-state index is 4.27. The summed E-state index contributed by atoms with van der Waals surface area (Å²) in [7, 11) is 0. The predicted molar refractivity (Wildman–Crippen MR) is 54.5 cm³/mol. The molecule has 0 amide bonds. The summed E-state index contributed by atoms with van der Waals surface area (Å²) in [6.45, 7) is 7.63. The summed E-state index contributed by atoms with van der Waals surface area (Å²) in [6, 6.07) is 0.356. The molecule has 2 N–H and O–H groups in total. The summed E-state index contributed by atoms with van der Waals surface area (Å²) in [5, 5.41) is 3.48.